The van der Waals surface area contributed by atoms with E-state index in [9.17, 15) is 9.59 Å². The van der Waals surface area contributed by atoms with E-state index in [0.29, 0.717) is 5.92 Å². The monoisotopic (exact) mass is 275 g/mol. The molecule has 0 spiro atoms. The molecule has 20 heavy (non-hydrogen) atoms. The summed E-state index contributed by atoms with van der Waals surface area (Å²) >= 11 is 0. The molecule has 0 unspecified atom stereocenters. The minimum atomic E-state index is -0.283. The van der Waals surface area contributed by atoms with Gasteiger partial charge in [0.1, 0.15) is 11.4 Å². The summed E-state index contributed by atoms with van der Waals surface area (Å²) in [5.41, 5.74) is -0.0936. The van der Waals surface area contributed by atoms with Gasteiger partial charge in [0.05, 0.1) is 0 Å². The second-order valence-electron chi connectivity index (χ2n) is 5.85. The highest BCUT2D eigenvalue weighted by Crippen LogP contribution is 2.37. The van der Waals surface area contributed by atoms with Gasteiger partial charge in [-0.25, -0.2) is 4.98 Å². The molecule has 1 N–H and O–H groups in total. The molecule has 2 aliphatic rings. The Bertz CT molecular complexity index is 540. The van der Waals surface area contributed by atoms with Gasteiger partial charge < -0.3 is 9.88 Å². The maximum absolute atomic E-state index is 12.4. The van der Waals surface area contributed by atoms with E-state index in [0.717, 1.165) is 44.6 Å². The zero-order valence-corrected chi connectivity index (χ0v) is 11.7. The van der Waals surface area contributed by atoms with Crippen molar-refractivity contribution in [3.63, 3.8) is 0 Å². The molecule has 1 amide bonds. The molecule has 108 valence electrons. The number of hydrogen-bond donors (Lipinski definition) is 1. The van der Waals surface area contributed by atoms with Gasteiger partial charge in [0, 0.05) is 25.2 Å². The highest BCUT2D eigenvalue weighted by Gasteiger charge is 2.27. The molecular formula is C15H21N3O2. The third kappa shape index (κ3) is 2.92. The Labute approximate surface area is 118 Å². The molecule has 2 fully saturated rings. The molecule has 3 rings (SSSR count). The minimum Gasteiger partial charge on any atom is -0.338 e. The number of carbonyl (C=O) groups excluding carboxylic acids is 1. The summed E-state index contributed by atoms with van der Waals surface area (Å²) in [6.07, 6.45) is 9.27. The first kappa shape index (κ1) is 13.3. The van der Waals surface area contributed by atoms with E-state index in [1.165, 1.54) is 25.5 Å². The van der Waals surface area contributed by atoms with E-state index in [2.05, 4.69) is 9.97 Å². The number of nitrogens with one attached hydrogen (secondary N) is 1. The van der Waals surface area contributed by atoms with Crippen LogP contribution in [-0.2, 0) is 0 Å². The standard InChI is InChI=1S/C15H21N3O2/c19-14-12(10-16-13(17-14)11-6-7-11)15(20)18-8-4-2-1-3-5-9-18/h10-11H,1-9H2,(H,16,17,19). The number of H-pyrrole nitrogens is 1. The van der Waals surface area contributed by atoms with Crippen LogP contribution in [0.2, 0.25) is 0 Å². The molecule has 1 saturated heterocycles. The van der Waals surface area contributed by atoms with Crippen molar-refractivity contribution in [2.24, 2.45) is 0 Å². The average molecular weight is 275 g/mol. The van der Waals surface area contributed by atoms with E-state index >= 15 is 0 Å². The third-order valence-electron chi connectivity index (χ3n) is 4.16. The highest BCUT2D eigenvalue weighted by molar-refractivity contribution is 5.93. The van der Waals surface area contributed by atoms with E-state index < -0.39 is 0 Å². The van der Waals surface area contributed by atoms with Crippen LogP contribution in [0.15, 0.2) is 11.0 Å². The lowest BCUT2D eigenvalue weighted by atomic mass is 10.1. The van der Waals surface area contributed by atoms with Crippen molar-refractivity contribution in [2.45, 2.75) is 50.9 Å². The second-order valence-corrected chi connectivity index (χ2v) is 5.85. The van der Waals surface area contributed by atoms with E-state index in [1.807, 2.05) is 4.90 Å². The second kappa shape index (κ2) is 5.77. The summed E-state index contributed by atoms with van der Waals surface area (Å²) in [6, 6.07) is 0. The number of nitrogens with zero attached hydrogens (tertiary/aromatic N) is 2. The zero-order valence-electron chi connectivity index (χ0n) is 11.7. The van der Waals surface area contributed by atoms with Gasteiger partial charge in [0.25, 0.3) is 11.5 Å². The van der Waals surface area contributed by atoms with Gasteiger partial charge in [-0.15, -0.1) is 0 Å². The predicted molar refractivity (Wildman–Crippen MR) is 75.8 cm³/mol. The van der Waals surface area contributed by atoms with E-state index in [4.69, 9.17) is 0 Å². The summed E-state index contributed by atoms with van der Waals surface area (Å²) in [5.74, 6) is 0.968. The molecule has 0 aromatic carbocycles. The fourth-order valence-electron chi connectivity index (χ4n) is 2.75. The van der Waals surface area contributed by atoms with Crippen molar-refractivity contribution < 1.29 is 4.79 Å². The van der Waals surface area contributed by atoms with Crippen LogP contribution in [0.25, 0.3) is 0 Å². The number of carbonyl (C=O) groups is 1. The molecule has 1 aromatic heterocycles. The van der Waals surface area contributed by atoms with Gasteiger partial charge in [0.15, 0.2) is 0 Å². The average Bonchev–Trinajstić information content (AvgIpc) is 3.21. The van der Waals surface area contributed by atoms with Crippen LogP contribution in [0.1, 0.15) is 67.0 Å². The number of rotatable bonds is 2. The quantitative estimate of drug-likeness (QED) is 0.898. The topological polar surface area (TPSA) is 66.1 Å². The van der Waals surface area contributed by atoms with Crippen molar-refractivity contribution in [1.29, 1.82) is 0 Å². The normalized spacial score (nSPS) is 20.3. The van der Waals surface area contributed by atoms with Crippen molar-refractivity contribution in [3.8, 4) is 0 Å². The lowest BCUT2D eigenvalue weighted by Gasteiger charge is -2.24. The molecular weight excluding hydrogens is 254 g/mol. The summed E-state index contributed by atoms with van der Waals surface area (Å²) in [7, 11) is 0. The van der Waals surface area contributed by atoms with Gasteiger partial charge in [0.2, 0.25) is 0 Å². The number of likely N-dealkylation sites (tertiary alicyclic amines) is 1. The van der Waals surface area contributed by atoms with Crippen molar-refractivity contribution >= 4 is 5.91 Å². The van der Waals surface area contributed by atoms with Crippen LogP contribution in [0, 0.1) is 0 Å². The fourth-order valence-corrected chi connectivity index (χ4v) is 2.75. The Hall–Kier alpha value is -1.65. The molecule has 1 saturated carbocycles. The SMILES string of the molecule is O=C(c1cnc(C2CC2)[nH]c1=O)N1CCCCCCC1. The summed E-state index contributed by atoms with van der Waals surface area (Å²) in [4.78, 5) is 33.4. The molecule has 1 aliphatic heterocycles. The maximum atomic E-state index is 12.4. The Balaban J connectivity index is 1.76. The Morgan fingerprint density at radius 2 is 1.80 bits per heavy atom. The fraction of sp³-hybridized carbons (Fsp3) is 0.667. The smallest absolute Gasteiger partial charge is 0.263 e. The van der Waals surface area contributed by atoms with Gasteiger partial charge in [-0.3, -0.25) is 9.59 Å². The van der Waals surface area contributed by atoms with Crippen molar-refractivity contribution in [1.82, 2.24) is 14.9 Å². The Kier molecular flexibility index (Phi) is 3.85. The molecule has 5 heteroatoms. The van der Waals surface area contributed by atoms with Crippen molar-refractivity contribution in [3.05, 3.63) is 27.9 Å². The van der Waals surface area contributed by atoms with E-state index in [1.54, 1.807) is 0 Å². The minimum absolute atomic E-state index is 0.164. The van der Waals surface area contributed by atoms with E-state index in [-0.39, 0.29) is 17.0 Å². The highest BCUT2D eigenvalue weighted by atomic mass is 16.2. The lowest BCUT2D eigenvalue weighted by molar-refractivity contribution is 0.0740. The Morgan fingerprint density at radius 1 is 1.15 bits per heavy atom. The van der Waals surface area contributed by atoms with Crippen LogP contribution >= 0.6 is 0 Å². The Morgan fingerprint density at radius 3 is 2.40 bits per heavy atom. The first-order valence-electron chi connectivity index (χ1n) is 7.64. The molecule has 1 aromatic rings. The molecule has 5 nitrogen and oxygen atoms in total. The van der Waals surface area contributed by atoms with Crippen LogP contribution in [-0.4, -0.2) is 33.9 Å². The van der Waals surface area contributed by atoms with Crippen LogP contribution in [0.3, 0.4) is 0 Å². The summed E-state index contributed by atoms with van der Waals surface area (Å²) in [6.45, 7) is 1.51. The van der Waals surface area contributed by atoms with Crippen molar-refractivity contribution in [2.75, 3.05) is 13.1 Å². The number of aromatic amines is 1. The summed E-state index contributed by atoms with van der Waals surface area (Å²) in [5, 5.41) is 0. The van der Waals surface area contributed by atoms with Gasteiger partial charge >= 0.3 is 0 Å². The van der Waals surface area contributed by atoms with Gasteiger partial charge in [-0.2, -0.15) is 0 Å². The van der Waals surface area contributed by atoms with Crippen LogP contribution < -0.4 is 5.56 Å². The van der Waals surface area contributed by atoms with Gasteiger partial charge in [-0.1, -0.05) is 19.3 Å². The third-order valence-corrected chi connectivity index (χ3v) is 4.16. The first-order valence-corrected chi connectivity index (χ1v) is 7.64. The first-order chi connectivity index (χ1) is 9.75. The van der Waals surface area contributed by atoms with Crippen LogP contribution in [0.4, 0.5) is 0 Å². The lowest BCUT2D eigenvalue weighted by Crippen LogP contribution is -2.37. The van der Waals surface area contributed by atoms with Gasteiger partial charge in [-0.05, 0) is 25.7 Å². The molecule has 0 bridgehead atoms. The summed E-state index contributed by atoms with van der Waals surface area (Å²) < 4.78 is 0. The molecule has 0 radical (unpaired) electrons. The number of hydrogen-bond acceptors (Lipinski definition) is 3. The number of amides is 1. The zero-order chi connectivity index (χ0) is 13.9. The van der Waals surface area contributed by atoms with Crippen LogP contribution in [0.5, 0.6) is 0 Å². The predicted octanol–water partition coefficient (Wildman–Crippen LogP) is 2.05. The largest absolute Gasteiger partial charge is 0.338 e. The maximum Gasteiger partial charge on any atom is 0.263 e. The molecule has 1 aliphatic carbocycles. The molecule has 2 heterocycles. The molecule has 0 atom stereocenters. The number of aromatic nitrogens is 2.